The minimum Gasteiger partial charge on any atom is -0.652 e. The van der Waals surface area contributed by atoms with Gasteiger partial charge in [0.1, 0.15) is 0 Å². The molecule has 0 bridgehead atoms. The SMILES string of the molecule is C1=CC(c2ccccc2)=NC(n2c3ccc(-c4ccccc4)cc3c3cc(-c4cccc5c4sc4ccccc45)ccc32)[N-]1. The molecule has 1 atom stereocenters. The molecule has 0 amide bonds. The van der Waals surface area contributed by atoms with Gasteiger partial charge in [0, 0.05) is 42.0 Å². The van der Waals surface area contributed by atoms with Crippen molar-refractivity contribution in [3.8, 4) is 22.3 Å². The van der Waals surface area contributed by atoms with Gasteiger partial charge in [0.2, 0.25) is 0 Å². The number of aromatic nitrogens is 1. The maximum atomic E-state index is 5.15. The van der Waals surface area contributed by atoms with E-state index in [4.69, 9.17) is 10.3 Å². The fourth-order valence-corrected chi connectivity index (χ4v) is 7.79. The Hall–Kier alpha value is -5.45. The second-order valence-corrected chi connectivity index (χ2v) is 12.2. The van der Waals surface area contributed by atoms with E-state index in [0.717, 1.165) is 22.3 Å². The van der Waals surface area contributed by atoms with Crippen LogP contribution < -0.4 is 0 Å². The van der Waals surface area contributed by atoms with E-state index < -0.39 is 6.29 Å². The molecule has 1 aliphatic rings. The molecule has 3 nitrogen and oxygen atoms in total. The molecule has 6 aromatic carbocycles. The quantitative estimate of drug-likeness (QED) is 0.198. The molecule has 0 N–H and O–H groups in total. The minimum absolute atomic E-state index is 0.394. The van der Waals surface area contributed by atoms with Crippen molar-refractivity contribution in [2.45, 2.75) is 6.29 Å². The highest BCUT2D eigenvalue weighted by atomic mass is 32.1. The molecule has 0 fully saturated rings. The maximum Gasteiger partial charge on any atom is 0.0635 e. The Labute approximate surface area is 259 Å². The zero-order valence-electron chi connectivity index (χ0n) is 23.8. The molecule has 9 rings (SSSR count). The number of aliphatic imine (C=N–C) groups is 1. The average Bonchev–Trinajstić information content (AvgIpc) is 3.64. The smallest absolute Gasteiger partial charge is 0.0635 e. The molecule has 8 aromatic rings. The van der Waals surface area contributed by atoms with Gasteiger partial charge >= 0.3 is 0 Å². The number of hydrogen-bond acceptors (Lipinski definition) is 2. The van der Waals surface area contributed by atoms with E-state index >= 15 is 0 Å². The third-order valence-electron chi connectivity index (χ3n) is 8.63. The first-order valence-corrected chi connectivity index (χ1v) is 15.7. The van der Waals surface area contributed by atoms with Gasteiger partial charge in [-0.3, -0.25) is 4.99 Å². The molecule has 0 saturated carbocycles. The standard InChI is InChI=1S/C40H26N3S/c1-3-10-26(11-4-1)28-18-20-36-33(24-28)34-25-29(30-15-9-16-32-31-14-7-8-17-38(31)44-39(30)32)19-21-37(34)43(36)40-41-23-22-35(42-40)27-12-5-2-6-13-27/h1-25,40H/q-1. The molecule has 44 heavy (non-hydrogen) atoms. The summed E-state index contributed by atoms with van der Waals surface area (Å²) in [6, 6.07) is 50.0. The van der Waals surface area contributed by atoms with Gasteiger partial charge in [0.25, 0.3) is 0 Å². The Morgan fingerprint density at radius 1 is 0.545 bits per heavy atom. The number of rotatable bonds is 4. The molecule has 4 heteroatoms. The summed E-state index contributed by atoms with van der Waals surface area (Å²) in [7, 11) is 0. The van der Waals surface area contributed by atoms with E-state index in [9.17, 15) is 0 Å². The summed E-state index contributed by atoms with van der Waals surface area (Å²) in [6.07, 6.45) is 3.50. The lowest BCUT2D eigenvalue weighted by Crippen LogP contribution is -2.11. The fraction of sp³-hybridized carbons (Fsp3) is 0.0250. The van der Waals surface area contributed by atoms with Crippen LogP contribution in [-0.4, -0.2) is 10.3 Å². The summed E-state index contributed by atoms with van der Waals surface area (Å²) in [5.74, 6) is 0. The Bertz CT molecular complexity index is 2410. The predicted octanol–water partition coefficient (Wildman–Crippen LogP) is 11.3. The van der Waals surface area contributed by atoms with Crippen LogP contribution in [0.2, 0.25) is 0 Å². The minimum atomic E-state index is -0.394. The average molecular weight is 581 g/mol. The number of nitrogens with zero attached hydrogens (tertiary/aromatic N) is 3. The van der Waals surface area contributed by atoms with Crippen molar-refractivity contribution in [1.82, 2.24) is 4.57 Å². The van der Waals surface area contributed by atoms with Gasteiger partial charge in [-0.25, -0.2) is 0 Å². The summed E-state index contributed by atoms with van der Waals surface area (Å²) in [5, 5.41) is 9.91. The highest BCUT2D eigenvalue weighted by molar-refractivity contribution is 7.26. The van der Waals surface area contributed by atoms with Crippen LogP contribution in [0.25, 0.3) is 69.5 Å². The number of fused-ring (bicyclic) bond motifs is 6. The molecule has 208 valence electrons. The van der Waals surface area contributed by atoms with Crippen molar-refractivity contribution < 1.29 is 0 Å². The number of benzene rings is 6. The van der Waals surface area contributed by atoms with E-state index in [1.807, 2.05) is 29.7 Å². The van der Waals surface area contributed by atoms with Gasteiger partial charge in [-0.15, -0.1) is 11.3 Å². The van der Waals surface area contributed by atoms with Gasteiger partial charge in [0.15, 0.2) is 0 Å². The Balaban J connectivity index is 1.28. The first-order valence-electron chi connectivity index (χ1n) is 14.9. The largest absolute Gasteiger partial charge is 0.652 e. The maximum absolute atomic E-state index is 5.15. The summed E-state index contributed by atoms with van der Waals surface area (Å²) in [4.78, 5) is 5.15. The van der Waals surface area contributed by atoms with E-state index in [0.29, 0.717) is 0 Å². The summed E-state index contributed by atoms with van der Waals surface area (Å²) in [6.45, 7) is 0. The molecule has 0 spiro atoms. The van der Waals surface area contributed by atoms with Crippen LogP contribution in [0.3, 0.4) is 0 Å². The van der Waals surface area contributed by atoms with Crippen LogP contribution in [0.4, 0.5) is 0 Å². The highest BCUT2D eigenvalue weighted by Gasteiger charge is 2.18. The van der Waals surface area contributed by atoms with Gasteiger partial charge in [-0.1, -0.05) is 115 Å². The molecule has 2 aromatic heterocycles. The van der Waals surface area contributed by atoms with Crippen LogP contribution in [-0.2, 0) is 0 Å². The molecule has 0 aliphatic carbocycles. The Morgan fingerprint density at radius 2 is 1.20 bits per heavy atom. The lowest BCUT2D eigenvalue weighted by molar-refractivity contribution is 0.654. The van der Waals surface area contributed by atoms with Crippen molar-refractivity contribution >= 4 is 59.0 Å². The topological polar surface area (TPSA) is 31.4 Å². The predicted molar refractivity (Wildman–Crippen MR) is 188 cm³/mol. The summed E-state index contributed by atoms with van der Waals surface area (Å²) in [5.41, 5.74) is 9.16. The van der Waals surface area contributed by atoms with Gasteiger partial charge in [-0.2, -0.15) is 6.20 Å². The monoisotopic (exact) mass is 580 g/mol. The van der Waals surface area contributed by atoms with Crippen LogP contribution in [0.15, 0.2) is 157 Å². The van der Waals surface area contributed by atoms with Crippen molar-refractivity contribution in [1.29, 1.82) is 0 Å². The fourth-order valence-electron chi connectivity index (χ4n) is 6.55. The van der Waals surface area contributed by atoms with Crippen LogP contribution >= 0.6 is 11.3 Å². The number of hydrogen-bond donors (Lipinski definition) is 0. The summed E-state index contributed by atoms with van der Waals surface area (Å²) >= 11 is 1.87. The van der Waals surface area contributed by atoms with Crippen LogP contribution in [0.5, 0.6) is 0 Å². The van der Waals surface area contributed by atoms with Crippen LogP contribution in [0.1, 0.15) is 11.9 Å². The number of thiophene rings is 1. The van der Waals surface area contributed by atoms with Crippen LogP contribution in [0, 0.1) is 0 Å². The Kier molecular flexibility index (Phi) is 5.75. The molecule has 1 unspecified atom stereocenters. The molecular formula is C40H26N3S-. The third-order valence-corrected chi connectivity index (χ3v) is 9.85. The lowest BCUT2D eigenvalue weighted by Gasteiger charge is -2.33. The first-order chi connectivity index (χ1) is 21.8. The van der Waals surface area contributed by atoms with Crippen molar-refractivity contribution in [3.63, 3.8) is 0 Å². The third kappa shape index (κ3) is 3.99. The lowest BCUT2D eigenvalue weighted by atomic mass is 9.99. The Morgan fingerprint density at radius 3 is 2.00 bits per heavy atom. The molecule has 0 radical (unpaired) electrons. The van der Waals surface area contributed by atoms with Gasteiger partial charge < -0.3 is 9.88 Å². The van der Waals surface area contributed by atoms with E-state index in [-0.39, 0.29) is 0 Å². The molecule has 3 heterocycles. The van der Waals surface area contributed by atoms with Crippen molar-refractivity contribution in [2.24, 2.45) is 4.99 Å². The summed E-state index contributed by atoms with van der Waals surface area (Å²) < 4.78 is 4.93. The second kappa shape index (κ2) is 10.1. The van der Waals surface area contributed by atoms with E-state index in [1.54, 1.807) is 0 Å². The highest BCUT2D eigenvalue weighted by Crippen LogP contribution is 2.43. The number of allylic oxidation sites excluding steroid dienone is 1. The van der Waals surface area contributed by atoms with Crippen molar-refractivity contribution in [3.05, 3.63) is 163 Å². The molecular weight excluding hydrogens is 555 g/mol. The van der Waals surface area contributed by atoms with Crippen molar-refractivity contribution in [2.75, 3.05) is 0 Å². The second-order valence-electron chi connectivity index (χ2n) is 11.2. The molecule has 1 aliphatic heterocycles. The molecule has 0 saturated heterocycles. The zero-order valence-corrected chi connectivity index (χ0v) is 24.6. The zero-order chi connectivity index (χ0) is 29.0. The van der Waals surface area contributed by atoms with E-state index in [1.165, 1.54) is 53.2 Å². The first kappa shape index (κ1) is 25.1. The van der Waals surface area contributed by atoms with Gasteiger partial charge in [-0.05, 0) is 58.1 Å². The normalized spacial score (nSPS) is 14.8. The van der Waals surface area contributed by atoms with E-state index in [2.05, 4.69) is 138 Å². The van der Waals surface area contributed by atoms with Gasteiger partial charge in [0.05, 0.1) is 12.0 Å².